The third-order valence-electron chi connectivity index (χ3n) is 3.61. The zero-order chi connectivity index (χ0) is 14.7. The Morgan fingerprint density at radius 3 is 2.55 bits per heavy atom. The van der Waals surface area contributed by atoms with Gasteiger partial charge in [0, 0.05) is 26.5 Å². The van der Waals surface area contributed by atoms with Crippen LogP contribution >= 0.6 is 27.3 Å². The Labute approximate surface area is 133 Å². The second-order valence-corrected chi connectivity index (χ2v) is 6.82. The molecule has 0 aromatic carbocycles. The number of aromatic nitrogens is 2. The van der Waals surface area contributed by atoms with E-state index in [9.17, 15) is 0 Å². The van der Waals surface area contributed by atoms with E-state index in [2.05, 4.69) is 58.9 Å². The van der Waals surface area contributed by atoms with Gasteiger partial charge in [-0.05, 0) is 47.3 Å². The van der Waals surface area contributed by atoms with Gasteiger partial charge in [-0.25, -0.2) is 0 Å². The third-order valence-corrected chi connectivity index (χ3v) is 5.37. The maximum atomic E-state index is 6.40. The predicted octanol–water partition coefficient (Wildman–Crippen LogP) is 4.16. The average Bonchev–Trinajstić information content (AvgIpc) is 3.05. The lowest BCUT2D eigenvalue weighted by atomic mass is 10.0. The first-order valence-corrected chi connectivity index (χ1v) is 8.84. The van der Waals surface area contributed by atoms with Crippen LogP contribution < -0.4 is 5.73 Å². The van der Waals surface area contributed by atoms with Crippen molar-refractivity contribution in [1.82, 2.24) is 9.78 Å². The van der Waals surface area contributed by atoms with Crippen LogP contribution in [0, 0.1) is 0 Å². The highest BCUT2D eigenvalue weighted by molar-refractivity contribution is 9.10. The Hall–Kier alpha value is -0.650. The Morgan fingerprint density at radius 2 is 2.05 bits per heavy atom. The van der Waals surface area contributed by atoms with Crippen molar-refractivity contribution < 1.29 is 0 Å². The van der Waals surface area contributed by atoms with E-state index in [1.54, 1.807) is 11.3 Å². The van der Waals surface area contributed by atoms with Gasteiger partial charge in [-0.15, -0.1) is 11.3 Å². The highest BCUT2D eigenvalue weighted by Gasteiger charge is 2.25. The minimum absolute atomic E-state index is 0.0791. The van der Waals surface area contributed by atoms with Crippen LogP contribution in [0.4, 0.5) is 0 Å². The van der Waals surface area contributed by atoms with Crippen molar-refractivity contribution in [2.45, 2.75) is 52.1 Å². The van der Waals surface area contributed by atoms with Crippen LogP contribution in [0.15, 0.2) is 22.0 Å². The average molecular weight is 356 g/mol. The molecule has 2 heterocycles. The summed E-state index contributed by atoms with van der Waals surface area (Å²) in [5.41, 5.74) is 8.80. The van der Waals surface area contributed by atoms with Crippen molar-refractivity contribution in [3.05, 3.63) is 38.3 Å². The molecule has 2 aromatic rings. The van der Waals surface area contributed by atoms with E-state index in [1.165, 1.54) is 10.6 Å². The zero-order valence-electron chi connectivity index (χ0n) is 12.3. The molecule has 2 rings (SSSR count). The van der Waals surface area contributed by atoms with Crippen molar-refractivity contribution in [3.63, 3.8) is 0 Å². The van der Waals surface area contributed by atoms with Gasteiger partial charge in [-0.2, -0.15) is 5.10 Å². The molecule has 110 valence electrons. The zero-order valence-corrected chi connectivity index (χ0v) is 14.7. The summed E-state index contributed by atoms with van der Waals surface area (Å²) in [6.45, 7) is 6.45. The summed E-state index contributed by atoms with van der Waals surface area (Å²) in [5, 5.41) is 6.89. The van der Waals surface area contributed by atoms with Crippen molar-refractivity contribution in [2.75, 3.05) is 0 Å². The second-order valence-electron chi connectivity index (χ2n) is 4.96. The number of nitrogens with two attached hydrogens (primary N) is 1. The molecule has 0 aliphatic heterocycles. The molecule has 0 fully saturated rings. The SMILES string of the molecule is CCc1cc(CC)n(C(c2cc(Br)cs2)C(N)CC)n1. The monoisotopic (exact) mass is 355 g/mol. The molecule has 0 saturated heterocycles. The van der Waals surface area contributed by atoms with E-state index in [1.807, 2.05) is 0 Å². The van der Waals surface area contributed by atoms with Gasteiger partial charge in [-0.1, -0.05) is 20.8 Å². The Balaban J connectivity index is 2.48. The summed E-state index contributed by atoms with van der Waals surface area (Å²) in [7, 11) is 0. The molecule has 0 saturated carbocycles. The molecule has 0 amide bonds. The van der Waals surface area contributed by atoms with Gasteiger partial charge < -0.3 is 5.73 Å². The minimum atomic E-state index is 0.0791. The molecule has 5 heteroatoms. The van der Waals surface area contributed by atoms with E-state index in [0.717, 1.165) is 29.4 Å². The van der Waals surface area contributed by atoms with Crippen LogP contribution in [-0.4, -0.2) is 15.8 Å². The molecule has 2 unspecified atom stereocenters. The summed E-state index contributed by atoms with van der Waals surface area (Å²) >= 11 is 5.28. The molecule has 2 N–H and O–H groups in total. The number of aryl methyl sites for hydroxylation is 2. The summed E-state index contributed by atoms with van der Waals surface area (Å²) in [6.07, 6.45) is 2.87. The van der Waals surface area contributed by atoms with Gasteiger partial charge in [0.15, 0.2) is 0 Å². The van der Waals surface area contributed by atoms with Gasteiger partial charge in [0.25, 0.3) is 0 Å². The summed E-state index contributed by atoms with van der Waals surface area (Å²) in [6, 6.07) is 4.58. The molecular formula is C15H22BrN3S. The standard InChI is InChI=1S/C15H22BrN3S/c1-4-11-8-12(5-2)19(18-11)15(13(17)6-3)14-7-10(16)9-20-14/h7-9,13,15H,4-6,17H2,1-3H3. The molecule has 0 bridgehead atoms. The van der Waals surface area contributed by atoms with E-state index < -0.39 is 0 Å². The fourth-order valence-electron chi connectivity index (χ4n) is 2.39. The Bertz CT molecular complexity index is 561. The fraction of sp³-hybridized carbons (Fsp3) is 0.533. The fourth-order valence-corrected chi connectivity index (χ4v) is 3.99. The summed E-state index contributed by atoms with van der Waals surface area (Å²) < 4.78 is 3.26. The van der Waals surface area contributed by atoms with E-state index in [-0.39, 0.29) is 12.1 Å². The van der Waals surface area contributed by atoms with Crippen LogP contribution in [0.3, 0.4) is 0 Å². The van der Waals surface area contributed by atoms with E-state index in [4.69, 9.17) is 10.8 Å². The normalized spacial score (nSPS) is 14.4. The highest BCUT2D eigenvalue weighted by atomic mass is 79.9. The lowest BCUT2D eigenvalue weighted by molar-refractivity contribution is 0.416. The minimum Gasteiger partial charge on any atom is -0.326 e. The molecule has 2 atom stereocenters. The van der Waals surface area contributed by atoms with Gasteiger partial charge in [0.05, 0.1) is 5.69 Å². The smallest absolute Gasteiger partial charge is 0.101 e. The lowest BCUT2D eigenvalue weighted by Crippen LogP contribution is -2.33. The summed E-state index contributed by atoms with van der Waals surface area (Å²) in [4.78, 5) is 1.27. The van der Waals surface area contributed by atoms with Gasteiger partial charge in [0.2, 0.25) is 0 Å². The predicted molar refractivity (Wildman–Crippen MR) is 89.4 cm³/mol. The third kappa shape index (κ3) is 3.15. The molecule has 0 aliphatic rings. The van der Waals surface area contributed by atoms with Gasteiger partial charge >= 0.3 is 0 Å². The van der Waals surface area contributed by atoms with Crippen molar-refractivity contribution in [3.8, 4) is 0 Å². The molecule has 2 aromatic heterocycles. The van der Waals surface area contributed by atoms with E-state index >= 15 is 0 Å². The first-order chi connectivity index (χ1) is 9.60. The van der Waals surface area contributed by atoms with Crippen molar-refractivity contribution >= 4 is 27.3 Å². The quantitative estimate of drug-likeness (QED) is 0.845. The number of rotatable bonds is 6. The first-order valence-electron chi connectivity index (χ1n) is 7.17. The van der Waals surface area contributed by atoms with Crippen LogP contribution in [0.25, 0.3) is 0 Å². The number of hydrogen-bond acceptors (Lipinski definition) is 3. The van der Waals surface area contributed by atoms with Crippen LogP contribution in [0.1, 0.15) is 49.5 Å². The maximum absolute atomic E-state index is 6.40. The Morgan fingerprint density at radius 1 is 1.30 bits per heavy atom. The van der Waals surface area contributed by atoms with Gasteiger partial charge in [0.1, 0.15) is 6.04 Å². The molecule has 20 heavy (non-hydrogen) atoms. The number of thiophene rings is 1. The van der Waals surface area contributed by atoms with Gasteiger partial charge in [-0.3, -0.25) is 4.68 Å². The number of nitrogens with zero attached hydrogens (tertiary/aromatic N) is 2. The number of hydrogen-bond donors (Lipinski definition) is 1. The van der Waals surface area contributed by atoms with Crippen molar-refractivity contribution in [2.24, 2.45) is 5.73 Å². The van der Waals surface area contributed by atoms with E-state index in [0.29, 0.717) is 0 Å². The largest absolute Gasteiger partial charge is 0.326 e. The molecular weight excluding hydrogens is 334 g/mol. The topological polar surface area (TPSA) is 43.8 Å². The maximum Gasteiger partial charge on any atom is 0.101 e. The Kier molecular flexibility index (Phi) is 5.41. The molecule has 0 radical (unpaired) electrons. The number of halogens is 1. The molecule has 3 nitrogen and oxygen atoms in total. The molecule has 0 spiro atoms. The van der Waals surface area contributed by atoms with Crippen LogP contribution in [0.5, 0.6) is 0 Å². The van der Waals surface area contributed by atoms with Crippen molar-refractivity contribution in [1.29, 1.82) is 0 Å². The highest BCUT2D eigenvalue weighted by Crippen LogP contribution is 2.31. The molecule has 0 aliphatic carbocycles. The first kappa shape index (κ1) is 15.7. The lowest BCUT2D eigenvalue weighted by Gasteiger charge is -2.24. The van der Waals surface area contributed by atoms with Crippen LogP contribution in [0.2, 0.25) is 0 Å². The summed E-state index contributed by atoms with van der Waals surface area (Å²) in [5.74, 6) is 0. The second kappa shape index (κ2) is 6.87. The van der Waals surface area contributed by atoms with Crippen LogP contribution in [-0.2, 0) is 12.8 Å².